The molecule has 31 heavy (non-hydrogen) atoms. The van der Waals surface area contributed by atoms with Crippen molar-refractivity contribution in [1.29, 1.82) is 0 Å². The van der Waals surface area contributed by atoms with Gasteiger partial charge in [-0.05, 0) is 68.9 Å². The maximum absolute atomic E-state index is 12.4. The molecule has 3 aromatic rings. The summed E-state index contributed by atoms with van der Waals surface area (Å²) in [5.74, 6) is -0.0571. The Morgan fingerprint density at radius 1 is 1.06 bits per heavy atom. The van der Waals surface area contributed by atoms with Crippen molar-refractivity contribution in [2.45, 2.75) is 52.5 Å². The number of para-hydroxylation sites is 1. The Labute approximate surface area is 184 Å². The van der Waals surface area contributed by atoms with Crippen LogP contribution in [-0.2, 0) is 24.2 Å². The first-order valence-electron chi connectivity index (χ1n) is 11.5. The predicted molar refractivity (Wildman–Crippen MR) is 129 cm³/mol. The second kappa shape index (κ2) is 9.82. The van der Waals surface area contributed by atoms with E-state index in [1.165, 1.54) is 40.7 Å². The molecule has 5 nitrogen and oxygen atoms in total. The average molecular weight is 417 g/mol. The number of anilines is 1. The molecule has 1 aliphatic carbocycles. The van der Waals surface area contributed by atoms with E-state index in [0.29, 0.717) is 13.0 Å². The normalized spacial score (nSPS) is 13.5. The average Bonchev–Trinajstić information content (AvgIpc) is 3.13. The summed E-state index contributed by atoms with van der Waals surface area (Å²) in [6.45, 7) is 6.97. The van der Waals surface area contributed by atoms with Crippen molar-refractivity contribution in [2.24, 2.45) is 5.10 Å². The van der Waals surface area contributed by atoms with Crippen molar-refractivity contribution in [3.05, 3.63) is 65.4 Å². The highest BCUT2D eigenvalue weighted by Crippen LogP contribution is 2.32. The van der Waals surface area contributed by atoms with Crippen LogP contribution < -0.4 is 10.3 Å². The summed E-state index contributed by atoms with van der Waals surface area (Å²) >= 11 is 0. The fourth-order valence-corrected chi connectivity index (χ4v) is 4.65. The van der Waals surface area contributed by atoms with Gasteiger partial charge in [0.2, 0.25) is 5.91 Å². The minimum Gasteiger partial charge on any atom is -0.372 e. The molecule has 0 unspecified atom stereocenters. The van der Waals surface area contributed by atoms with E-state index < -0.39 is 0 Å². The lowest BCUT2D eigenvalue weighted by Gasteiger charge is -2.20. The first-order valence-corrected chi connectivity index (χ1v) is 11.5. The maximum Gasteiger partial charge on any atom is 0.241 e. The van der Waals surface area contributed by atoms with Crippen LogP contribution in [0.3, 0.4) is 0 Å². The van der Waals surface area contributed by atoms with Gasteiger partial charge >= 0.3 is 0 Å². The molecule has 1 amide bonds. The van der Waals surface area contributed by atoms with Crippen molar-refractivity contribution in [1.82, 2.24) is 9.99 Å². The van der Waals surface area contributed by atoms with Gasteiger partial charge in [0.25, 0.3) is 0 Å². The maximum atomic E-state index is 12.4. The lowest BCUT2D eigenvalue weighted by atomic mass is 9.95. The molecule has 5 heteroatoms. The summed E-state index contributed by atoms with van der Waals surface area (Å²) in [6.07, 6.45) is 6.86. The third kappa shape index (κ3) is 4.66. The van der Waals surface area contributed by atoms with E-state index in [4.69, 9.17) is 0 Å². The number of carbonyl (C=O) groups is 1. The Hall–Kier alpha value is -3.08. The lowest BCUT2D eigenvalue weighted by molar-refractivity contribution is -0.121. The number of amides is 1. The van der Waals surface area contributed by atoms with Crippen molar-refractivity contribution in [3.63, 3.8) is 0 Å². The molecule has 1 aromatic heterocycles. The van der Waals surface area contributed by atoms with E-state index >= 15 is 0 Å². The van der Waals surface area contributed by atoms with Gasteiger partial charge in [-0.25, -0.2) is 5.43 Å². The van der Waals surface area contributed by atoms with E-state index in [1.807, 2.05) is 12.1 Å². The Morgan fingerprint density at radius 3 is 2.58 bits per heavy atom. The molecule has 0 atom stereocenters. The highest BCUT2D eigenvalue weighted by molar-refractivity contribution is 5.86. The highest BCUT2D eigenvalue weighted by atomic mass is 16.2. The van der Waals surface area contributed by atoms with E-state index in [-0.39, 0.29) is 5.91 Å². The molecule has 0 aliphatic heterocycles. The number of fused-ring (bicyclic) bond motifs is 3. The zero-order valence-corrected chi connectivity index (χ0v) is 18.6. The standard InChI is InChI=1S/C26H32N4O/c1-3-29(4-2)21-15-13-20(14-16-21)19-27-28-26(31)17-18-30-24-11-7-5-9-22(24)23-10-6-8-12-25(23)30/h5,7,9,11,13-16,19H,3-4,6,8,10,12,17-18H2,1-2H3,(H,28,31)/b27-19+. The molecule has 0 radical (unpaired) electrons. The minimum atomic E-state index is -0.0571. The number of rotatable bonds is 8. The van der Waals surface area contributed by atoms with Crippen LogP contribution in [0.15, 0.2) is 53.6 Å². The van der Waals surface area contributed by atoms with Crippen LogP contribution in [0.5, 0.6) is 0 Å². The molecule has 1 N–H and O–H groups in total. The highest BCUT2D eigenvalue weighted by Gasteiger charge is 2.19. The van der Waals surface area contributed by atoms with Gasteiger partial charge in [-0.2, -0.15) is 5.10 Å². The molecule has 0 saturated carbocycles. The van der Waals surface area contributed by atoms with Gasteiger partial charge in [0.1, 0.15) is 0 Å². The molecule has 0 saturated heterocycles. The van der Waals surface area contributed by atoms with Crippen molar-refractivity contribution >= 4 is 28.7 Å². The Balaban J connectivity index is 1.36. The van der Waals surface area contributed by atoms with Gasteiger partial charge in [-0.15, -0.1) is 0 Å². The largest absolute Gasteiger partial charge is 0.372 e. The fraction of sp³-hybridized carbons (Fsp3) is 0.385. The number of nitrogens with one attached hydrogen (secondary N) is 1. The van der Waals surface area contributed by atoms with Crippen molar-refractivity contribution in [3.8, 4) is 0 Å². The van der Waals surface area contributed by atoms with Crippen LogP contribution in [0.4, 0.5) is 5.69 Å². The van der Waals surface area contributed by atoms with E-state index in [9.17, 15) is 4.79 Å². The fourth-order valence-electron chi connectivity index (χ4n) is 4.65. The summed E-state index contributed by atoms with van der Waals surface area (Å²) in [7, 11) is 0. The molecule has 0 spiro atoms. The second-order valence-electron chi connectivity index (χ2n) is 8.11. The summed E-state index contributed by atoms with van der Waals surface area (Å²) in [5.41, 5.74) is 9.01. The first-order chi connectivity index (χ1) is 15.2. The van der Waals surface area contributed by atoms with Crippen LogP contribution in [0, 0.1) is 0 Å². The second-order valence-corrected chi connectivity index (χ2v) is 8.11. The van der Waals surface area contributed by atoms with Gasteiger partial charge < -0.3 is 9.47 Å². The smallest absolute Gasteiger partial charge is 0.241 e. The van der Waals surface area contributed by atoms with Crippen molar-refractivity contribution in [2.75, 3.05) is 18.0 Å². The number of hydrogen-bond donors (Lipinski definition) is 1. The van der Waals surface area contributed by atoms with E-state index in [0.717, 1.165) is 31.5 Å². The monoisotopic (exact) mass is 416 g/mol. The van der Waals surface area contributed by atoms with Gasteiger partial charge in [0.05, 0.1) is 6.21 Å². The summed E-state index contributed by atoms with van der Waals surface area (Å²) in [5, 5.41) is 5.51. The van der Waals surface area contributed by atoms with Crippen LogP contribution in [-0.4, -0.2) is 29.8 Å². The molecular formula is C26H32N4O. The van der Waals surface area contributed by atoms with Crippen LogP contribution in [0.2, 0.25) is 0 Å². The summed E-state index contributed by atoms with van der Waals surface area (Å²) in [4.78, 5) is 14.7. The number of aromatic nitrogens is 1. The lowest BCUT2D eigenvalue weighted by Crippen LogP contribution is -2.21. The van der Waals surface area contributed by atoms with Crippen LogP contribution in [0.25, 0.3) is 10.9 Å². The first kappa shape index (κ1) is 21.2. The summed E-state index contributed by atoms with van der Waals surface area (Å²) in [6, 6.07) is 16.8. The zero-order chi connectivity index (χ0) is 21.6. The zero-order valence-electron chi connectivity index (χ0n) is 18.6. The van der Waals surface area contributed by atoms with Gasteiger partial charge in [-0.3, -0.25) is 4.79 Å². The number of hydrogen-bond acceptors (Lipinski definition) is 3. The van der Waals surface area contributed by atoms with E-state index in [2.05, 4.69) is 70.2 Å². The topological polar surface area (TPSA) is 49.6 Å². The van der Waals surface area contributed by atoms with Gasteiger partial charge in [0, 0.05) is 48.3 Å². The molecule has 2 aromatic carbocycles. The molecule has 1 heterocycles. The minimum absolute atomic E-state index is 0.0571. The van der Waals surface area contributed by atoms with E-state index in [1.54, 1.807) is 6.21 Å². The molecule has 162 valence electrons. The Bertz CT molecular complexity index is 1060. The predicted octanol–water partition coefficient (Wildman–Crippen LogP) is 4.91. The molecule has 4 rings (SSSR count). The van der Waals surface area contributed by atoms with Crippen LogP contribution >= 0.6 is 0 Å². The SMILES string of the molecule is CCN(CC)c1ccc(/C=N/NC(=O)CCn2c3c(c4ccccc42)CCCC3)cc1. The third-order valence-electron chi connectivity index (χ3n) is 6.27. The third-order valence-corrected chi connectivity index (χ3v) is 6.27. The molecule has 0 bridgehead atoms. The number of benzene rings is 2. The number of carbonyl (C=O) groups excluding carboxylic acids is 1. The number of hydrazone groups is 1. The number of aryl methyl sites for hydroxylation is 2. The summed E-state index contributed by atoms with van der Waals surface area (Å²) < 4.78 is 2.35. The molecule has 1 aliphatic rings. The Morgan fingerprint density at radius 2 is 1.81 bits per heavy atom. The van der Waals surface area contributed by atoms with Gasteiger partial charge in [-0.1, -0.05) is 30.3 Å². The molecule has 0 fully saturated rings. The van der Waals surface area contributed by atoms with Gasteiger partial charge in [0.15, 0.2) is 0 Å². The number of nitrogens with zero attached hydrogens (tertiary/aromatic N) is 3. The van der Waals surface area contributed by atoms with Crippen molar-refractivity contribution < 1.29 is 4.79 Å². The molecular weight excluding hydrogens is 384 g/mol. The quantitative estimate of drug-likeness (QED) is 0.419. The van der Waals surface area contributed by atoms with Crippen LogP contribution in [0.1, 0.15) is 49.9 Å². The Kier molecular flexibility index (Phi) is 6.70.